The van der Waals surface area contributed by atoms with Crippen LogP contribution in [0.1, 0.15) is 22.4 Å². The van der Waals surface area contributed by atoms with Crippen LogP contribution in [-0.4, -0.2) is 22.4 Å². The molecule has 4 nitrogen and oxygen atoms in total. The summed E-state index contributed by atoms with van der Waals surface area (Å²) in [5.74, 6) is 0. The molecule has 0 spiro atoms. The molecule has 0 fully saturated rings. The molecule has 0 aliphatic carbocycles. The number of nitrogens with zero attached hydrogens (tertiary/aromatic N) is 4. The minimum atomic E-state index is -1.28. The molecule has 5 rings (SSSR count). The lowest BCUT2D eigenvalue weighted by Gasteiger charge is -2.18. The summed E-state index contributed by atoms with van der Waals surface area (Å²) in [6.07, 6.45) is 7.19. The molecule has 0 radical (unpaired) electrons. The first-order valence-electron chi connectivity index (χ1n) is 9.79. The molecular formula is C25H15BFN4+. The summed E-state index contributed by atoms with van der Waals surface area (Å²) in [6.45, 7) is 0. The Kier molecular flexibility index (Phi) is 4.47. The van der Waals surface area contributed by atoms with Crippen LogP contribution in [0.2, 0.25) is 0 Å². The van der Waals surface area contributed by atoms with Gasteiger partial charge in [0.25, 0.3) is 0 Å². The summed E-state index contributed by atoms with van der Waals surface area (Å²) >= 11 is 0. The second-order valence-electron chi connectivity index (χ2n) is 7.20. The Labute approximate surface area is 179 Å². The number of aromatic nitrogens is 1. The number of benzene rings is 2. The molecule has 0 amide bonds. The molecule has 2 aliphatic heterocycles. The molecule has 0 atom stereocenters. The number of halogens is 1. The molecule has 144 valence electrons. The van der Waals surface area contributed by atoms with Crippen LogP contribution in [0.4, 0.5) is 4.32 Å². The van der Waals surface area contributed by atoms with E-state index in [2.05, 4.69) is 12.1 Å². The van der Waals surface area contributed by atoms with Gasteiger partial charge >= 0.3 is 7.26 Å². The lowest BCUT2D eigenvalue weighted by Crippen LogP contribution is -2.37. The van der Waals surface area contributed by atoms with Crippen LogP contribution in [0.15, 0.2) is 90.8 Å². The predicted octanol–water partition coefficient (Wildman–Crippen LogP) is 4.67. The third-order valence-electron chi connectivity index (χ3n) is 5.53. The van der Waals surface area contributed by atoms with Gasteiger partial charge in [0, 0.05) is 18.3 Å². The van der Waals surface area contributed by atoms with E-state index < -0.39 is 7.26 Å². The fraction of sp³-hybridized carbons (Fsp3) is 0. The molecule has 31 heavy (non-hydrogen) atoms. The fourth-order valence-electron chi connectivity index (χ4n) is 4.08. The maximum absolute atomic E-state index is 14.9. The number of fused-ring (bicyclic) bond motifs is 2. The van der Waals surface area contributed by atoms with E-state index in [1.165, 1.54) is 0 Å². The molecule has 3 aromatic rings. The summed E-state index contributed by atoms with van der Waals surface area (Å²) in [4.78, 5) is 0. The Hall–Kier alpha value is -4.42. The van der Waals surface area contributed by atoms with Crippen molar-refractivity contribution in [1.29, 1.82) is 10.5 Å². The molecule has 2 aromatic carbocycles. The Balaban J connectivity index is 1.62. The normalized spacial score (nSPS) is 14.9. The van der Waals surface area contributed by atoms with Crippen molar-refractivity contribution in [2.24, 2.45) is 0 Å². The number of rotatable bonds is 3. The number of hydrogen-bond donors (Lipinski definition) is 0. The first kappa shape index (κ1) is 18.6. The third kappa shape index (κ3) is 2.94. The largest absolute Gasteiger partial charge is 0.845 e. The maximum Gasteiger partial charge on any atom is 0.845 e. The Morgan fingerprint density at radius 1 is 0.871 bits per heavy atom. The lowest BCUT2D eigenvalue weighted by atomic mass is 9.89. The number of nitriles is 2. The summed E-state index contributed by atoms with van der Waals surface area (Å²) in [5, 5.41) is 19.5. The summed E-state index contributed by atoms with van der Waals surface area (Å²) in [5.41, 5.74) is 5.45. The molecule has 6 heteroatoms. The van der Waals surface area contributed by atoms with Gasteiger partial charge in [0.05, 0.1) is 22.4 Å². The van der Waals surface area contributed by atoms with Gasteiger partial charge in [-0.2, -0.15) is 10.5 Å². The minimum Gasteiger partial charge on any atom is -0.293 e. The molecular weight excluding hydrogens is 386 g/mol. The van der Waals surface area contributed by atoms with Gasteiger partial charge in [0.15, 0.2) is 5.70 Å². The van der Waals surface area contributed by atoms with Crippen molar-refractivity contribution in [2.45, 2.75) is 0 Å². The van der Waals surface area contributed by atoms with Crippen LogP contribution in [0.5, 0.6) is 0 Å². The van der Waals surface area contributed by atoms with Gasteiger partial charge in [-0.25, -0.2) is 8.80 Å². The van der Waals surface area contributed by atoms with Gasteiger partial charge in [0.1, 0.15) is 18.4 Å². The molecule has 3 heterocycles. The van der Waals surface area contributed by atoms with Crippen molar-refractivity contribution in [1.82, 2.24) is 4.48 Å². The molecule has 0 unspecified atom stereocenters. The fourth-order valence-corrected chi connectivity index (χ4v) is 4.08. The van der Waals surface area contributed by atoms with Crippen LogP contribution < -0.4 is 0 Å². The highest BCUT2D eigenvalue weighted by atomic mass is 19.1. The third-order valence-corrected chi connectivity index (χ3v) is 5.53. The first-order chi connectivity index (χ1) is 15.2. The summed E-state index contributed by atoms with van der Waals surface area (Å²) in [7, 11) is -1.28. The van der Waals surface area contributed by atoms with Crippen molar-refractivity contribution in [3.63, 3.8) is 0 Å². The van der Waals surface area contributed by atoms with Crippen LogP contribution in [0, 0.1) is 22.7 Å². The van der Waals surface area contributed by atoms with Crippen molar-refractivity contribution in [3.05, 3.63) is 113 Å². The van der Waals surface area contributed by atoms with E-state index >= 15 is 0 Å². The average Bonchev–Trinajstić information content (AvgIpc) is 3.49. The lowest BCUT2D eigenvalue weighted by molar-refractivity contribution is -0.329. The number of allylic oxidation sites excluding steroid dienone is 4. The van der Waals surface area contributed by atoms with Crippen molar-refractivity contribution < 1.29 is 8.80 Å². The molecule has 0 saturated carbocycles. The van der Waals surface area contributed by atoms with Gasteiger partial charge in [0.2, 0.25) is 0 Å². The number of hydrogen-bond acceptors (Lipinski definition) is 2. The molecule has 2 aliphatic rings. The van der Waals surface area contributed by atoms with E-state index in [0.717, 1.165) is 22.5 Å². The van der Waals surface area contributed by atoms with Gasteiger partial charge in [-0.1, -0.05) is 54.6 Å². The van der Waals surface area contributed by atoms with E-state index in [0.29, 0.717) is 22.3 Å². The predicted molar refractivity (Wildman–Crippen MR) is 119 cm³/mol. The van der Waals surface area contributed by atoms with Gasteiger partial charge < -0.3 is 0 Å². The SMILES string of the molecule is N#C/C(=C(/C#N)c1ccc(C2=C3C=CC=[N+]3B(F)n3cccc32)cc1)c1ccccc1. The quantitative estimate of drug-likeness (QED) is 0.364. The second kappa shape index (κ2) is 7.44. The van der Waals surface area contributed by atoms with E-state index in [-0.39, 0.29) is 0 Å². The Bertz CT molecular complexity index is 1390. The van der Waals surface area contributed by atoms with E-state index in [4.69, 9.17) is 0 Å². The standard InChI is InChI=1S/C25H15BFN4/c27-26-30-14-4-8-23(30)25(24-9-5-15-31(24)26)20-12-10-19(11-13-20)22(17-29)21(16-28)18-6-2-1-3-7-18/h1-15H/q+1/b22-21+. The topological polar surface area (TPSA) is 55.5 Å². The first-order valence-corrected chi connectivity index (χ1v) is 9.79. The Morgan fingerprint density at radius 3 is 2.23 bits per heavy atom. The molecule has 0 bridgehead atoms. The van der Waals surface area contributed by atoms with Crippen LogP contribution in [0.3, 0.4) is 0 Å². The average molecular weight is 401 g/mol. The monoisotopic (exact) mass is 401 g/mol. The molecule has 1 aromatic heterocycles. The van der Waals surface area contributed by atoms with Crippen LogP contribution in [0.25, 0.3) is 16.7 Å². The Morgan fingerprint density at radius 2 is 1.55 bits per heavy atom. The highest BCUT2D eigenvalue weighted by Crippen LogP contribution is 2.35. The smallest absolute Gasteiger partial charge is 0.293 e. The highest BCUT2D eigenvalue weighted by molar-refractivity contribution is 6.42. The zero-order valence-corrected chi connectivity index (χ0v) is 16.4. The van der Waals surface area contributed by atoms with E-state index in [1.807, 2.05) is 78.9 Å². The second-order valence-corrected chi connectivity index (χ2v) is 7.20. The zero-order valence-electron chi connectivity index (χ0n) is 16.4. The van der Waals surface area contributed by atoms with E-state index in [1.54, 1.807) is 21.4 Å². The van der Waals surface area contributed by atoms with Crippen LogP contribution >= 0.6 is 0 Å². The summed E-state index contributed by atoms with van der Waals surface area (Å²) < 4.78 is 18.1. The molecule has 0 saturated heterocycles. The minimum absolute atomic E-state index is 0.324. The van der Waals surface area contributed by atoms with Crippen molar-refractivity contribution in [3.8, 4) is 12.1 Å². The van der Waals surface area contributed by atoms with Gasteiger partial charge in [-0.15, -0.1) is 0 Å². The van der Waals surface area contributed by atoms with Crippen molar-refractivity contribution in [2.75, 3.05) is 0 Å². The van der Waals surface area contributed by atoms with E-state index in [9.17, 15) is 14.8 Å². The van der Waals surface area contributed by atoms with Crippen molar-refractivity contribution >= 4 is 30.2 Å². The van der Waals surface area contributed by atoms with Gasteiger partial charge in [-0.05, 0) is 28.8 Å². The van der Waals surface area contributed by atoms with Crippen LogP contribution in [-0.2, 0) is 0 Å². The maximum atomic E-state index is 14.9. The van der Waals surface area contributed by atoms with Gasteiger partial charge in [-0.3, -0.25) is 4.48 Å². The highest BCUT2D eigenvalue weighted by Gasteiger charge is 2.46. The summed E-state index contributed by atoms with van der Waals surface area (Å²) in [6, 6.07) is 24.8. The molecule has 0 N–H and O–H groups in total. The zero-order chi connectivity index (χ0) is 21.4.